The maximum absolute atomic E-state index is 12.8. The predicted octanol–water partition coefficient (Wildman–Crippen LogP) is 3.76. The van der Waals surface area contributed by atoms with E-state index in [4.69, 9.17) is 0 Å². The molecular formula is C12H14BrF3N2. The number of nitrogens with zero attached hydrogens (tertiary/aromatic N) is 2. The lowest BCUT2D eigenvalue weighted by molar-refractivity contribution is -0.176. The van der Waals surface area contributed by atoms with E-state index in [0.717, 1.165) is 5.56 Å². The number of aromatic nitrogens is 1. The number of rotatable bonds is 2. The molecule has 2 rings (SSSR count). The summed E-state index contributed by atoms with van der Waals surface area (Å²) in [6.07, 6.45) is -1.71. The van der Waals surface area contributed by atoms with Gasteiger partial charge >= 0.3 is 6.18 Å². The minimum absolute atomic E-state index is 0.0144. The van der Waals surface area contributed by atoms with E-state index >= 15 is 0 Å². The number of hydrogen-bond donors (Lipinski definition) is 0. The van der Waals surface area contributed by atoms with Crippen LogP contribution in [0.3, 0.4) is 0 Å². The Kier molecular flexibility index (Phi) is 4.14. The molecule has 2 heterocycles. The van der Waals surface area contributed by atoms with Crippen molar-refractivity contribution in [1.29, 1.82) is 0 Å². The van der Waals surface area contributed by atoms with Gasteiger partial charge in [-0.1, -0.05) is 22.0 Å². The van der Waals surface area contributed by atoms with Crippen LogP contribution in [0.4, 0.5) is 19.0 Å². The third-order valence-electron chi connectivity index (χ3n) is 3.20. The molecule has 1 unspecified atom stereocenters. The average Bonchev–Trinajstić information content (AvgIpc) is 2.38. The molecule has 6 heteroatoms. The molecule has 1 atom stereocenters. The van der Waals surface area contributed by atoms with Gasteiger partial charge in [0.05, 0.1) is 5.92 Å². The van der Waals surface area contributed by atoms with E-state index in [2.05, 4.69) is 20.9 Å². The molecule has 0 spiro atoms. The molecule has 18 heavy (non-hydrogen) atoms. The summed E-state index contributed by atoms with van der Waals surface area (Å²) in [5.74, 6) is -0.570. The van der Waals surface area contributed by atoms with Crippen molar-refractivity contribution in [1.82, 2.24) is 4.98 Å². The van der Waals surface area contributed by atoms with Crippen LogP contribution in [-0.4, -0.2) is 24.2 Å². The van der Waals surface area contributed by atoms with Crippen molar-refractivity contribution < 1.29 is 13.2 Å². The molecule has 0 amide bonds. The van der Waals surface area contributed by atoms with Crippen molar-refractivity contribution in [2.24, 2.45) is 5.92 Å². The van der Waals surface area contributed by atoms with Crippen LogP contribution in [0.15, 0.2) is 18.3 Å². The van der Waals surface area contributed by atoms with Crippen LogP contribution >= 0.6 is 15.9 Å². The number of anilines is 1. The zero-order valence-electron chi connectivity index (χ0n) is 9.75. The van der Waals surface area contributed by atoms with E-state index in [1.165, 1.54) is 0 Å². The highest BCUT2D eigenvalue weighted by Gasteiger charge is 2.42. The first-order valence-electron chi connectivity index (χ1n) is 5.84. The highest BCUT2D eigenvalue weighted by atomic mass is 79.9. The lowest BCUT2D eigenvalue weighted by atomic mass is 9.97. The first-order chi connectivity index (χ1) is 8.52. The van der Waals surface area contributed by atoms with Crippen LogP contribution in [0.1, 0.15) is 18.4 Å². The van der Waals surface area contributed by atoms with Crippen molar-refractivity contribution >= 4 is 21.7 Å². The largest absolute Gasteiger partial charge is 0.393 e. The monoisotopic (exact) mass is 322 g/mol. The molecule has 0 aromatic carbocycles. The SMILES string of the molecule is FC(F)(F)C1CCCN(c2ncccc2CBr)C1. The third kappa shape index (κ3) is 2.96. The summed E-state index contributed by atoms with van der Waals surface area (Å²) in [5.41, 5.74) is 0.931. The average molecular weight is 323 g/mol. The fourth-order valence-electron chi connectivity index (χ4n) is 2.26. The zero-order valence-corrected chi connectivity index (χ0v) is 11.3. The summed E-state index contributed by atoms with van der Waals surface area (Å²) in [6.45, 7) is 0.657. The number of alkyl halides is 4. The predicted molar refractivity (Wildman–Crippen MR) is 67.9 cm³/mol. The summed E-state index contributed by atoms with van der Waals surface area (Å²) in [5, 5.41) is 0.601. The van der Waals surface area contributed by atoms with Gasteiger partial charge in [-0.25, -0.2) is 4.98 Å². The molecular weight excluding hydrogens is 309 g/mol. The topological polar surface area (TPSA) is 16.1 Å². The molecule has 100 valence electrons. The van der Waals surface area contributed by atoms with Crippen LogP contribution in [0.5, 0.6) is 0 Å². The van der Waals surface area contributed by atoms with E-state index in [-0.39, 0.29) is 13.0 Å². The Hall–Kier alpha value is -0.780. The molecule has 1 fully saturated rings. The van der Waals surface area contributed by atoms with Crippen LogP contribution in [0, 0.1) is 5.92 Å². The number of pyridine rings is 1. The lowest BCUT2D eigenvalue weighted by Crippen LogP contribution is -2.42. The van der Waals surface area contributed by atoms with Crippen molar-refractivity contribution in [2.45, 2.75) is 24.3 Å². The number of piperidine rings is 1. The molecule has 1 aliphatic heterocycles. The summed E-state index contributed by atoms with van der Waals surface area (Å²) < 4.78 is 38.3. The first kappa shape index (κ1) is 13.6. The molecule has 1 aromatic rings. The second-order valence-electron chi connectivity index (χ2n) is 4.45. The minimum atomic E-state index is -4.11. The Morgan fingerprint density at radius 1 is 1.44 bits per heavy atom. The van der Waals surface area contributed by atoms with Gasteiger partial charge in [0.25, 0.3) is 0 Å². The smallest absolute Gasteiger partial charge is 0.356 e. The van der Waals surface area contributed by atoms with Gasteiger partial charge in [-0.15, -0.1) is 0 Å². The van der Waals surface area contributed by atoms with Crippen LogP contribution in [0.2, 0.25) is 0 Å². The number of halogens is 4. The van der Waals surface area contributed by atoms with E-state index in [1.54, 1.807) is 17.2 Å². The van der Waals surface area contributed by atoms with Crippen LogP contribution in [-0.2, 0) is 5.33 Å². The van der Waals surface area contributed by atoms with Gasteiger partial charge in [0.2, 0.25) is 0 Å². The van der Waals surface area contributed by atoms with Gasteiger partial charge in [0.1, 0.15) is 5.82 Å². The highest BCUT2D eigenvalue weighted by molar-refractivity contribution is 9.08. The van der Waals surface area contributed by atoms with Crippen LogP contribution in [0.25, 0.3) is 0 Å². The Bertz CT molecular complexity index is 409. The molecule has 0 radical (unpaired) electrons. The minimum Gasteiger partial charge on any atom is -0.356 e. The summed E-state index contributed by atoms with van der Waals surface area (Å²) >= 11 is 3.34. The molecule has 1 aliphatic rings. The Morgan fingerprint density at radius 2 is 2.22 bits per heavy atom. The summed E-state index contributed by atoms with van der Waals surface area (Å²) in [6, 6.07) is 3.68. The van der Waals surface area contributed by atoms with Crippen molar-refractivity contribution in [3.8, 4) is 0 Å². The van der Waals surface area contributed by atoms with Gasteiger partial charge in [-0.2, -0.15) is 13.2 Å². The van der Waals surface area contributed by atoms with Gasteiger partial charge in [0.15, 0.2) is 0 Å². The maximum Gasteiger partial charge on any atom is 0.393 e. The van der Waals surface area contributed by atoms with Gasteiger partial charge in [-0.05, 0) is 18.9 Å². The Labute approximate surface area is 112 Å². The quantitative estimate of drug-likeness (QED) is 0.771. The molecule has 0 saturated carbocycles. The highest BCUT2D eigenvalue weighted by Crippen LogP contribution is 2.35. The normalized spacial score (nSPS) is 21.1. The van der Waals surface area contributed by atoms with E-state index < -0.39 is 12.1 Å². The van der Waals surface area contributed by atoms with Gasteiger partial charge in [-0.3, -0.25) is 0 Å². The maximum atomic E-state index is 12.8. The Morgan fingerprint density at radius 3 is 2.89 bits per heavy atom. The molecule has 0 bridgehead atoms. The zero-order chi connectivity index (χ0) is 13.2. The van der Waals surface area contributed by atoms with E-state index in [1.807, 2.05) is 6.07 Å². The molecule has 0 N–H and O–H groups in total. The fraction of sp³-hybridized carbons (Fsp3) is 0.583. The summed E-state index contributed by atoms with van der Waals surface area (Å²) in [4.78, 5) is 5.97. The standard InChI is InChI=1S/C12H14BrF3N2/c13-7-9-3-1-5-17-11(9)18-6-2-4-10(8-18)12(14,15)16/h1,3,5,10H,2,4,6-8H2. The Balaban J connectivity index is 2.18. The van der Waals surface area contributed by atoms with Gasteiger partial charge < -0.3 is 4.90 Å². The van der Waals surface area contributed by atoms with Gasteiger partial charge in [0, 0.05) is 30.2 Å². The summed E-state index contributed by atoms with van der Waals surface area (Å²) in [7, 11) is 0. The first-order valence-corrected chi connectivity index (χ1v) is 6.96. The van der Waals surface area contributed by atoms with Crippen molar-refractivity contribution in [2.75, 3.05) is 18.0 Å². The second kappa shape index (κ2) is 5.47. The number of hydrogen-bond acceptors (Lipinski definition) is 2. The van der Waals surface area contributed by atoms with Crippen LogP contribution < -0.4 is 4.90 Å². The van der Waals surface area contributed by atoms with Crippen molar-refractivity contribution in [3.63, 3.8) is 0 Å². The molecule has 1 saturated heterocycles. The van der Waals surface area contributed by atoms with Crippen molar-refractivity contribution in [3.05, 3.63) is 23.9 Å². The van der Waals surface area contributed by atoms with E-state index in [0.29, 0.717) is 24.1 Å². The third-order valence-corrected chi connectivity index (χ3v) is 3.80. The molecule has 1 aromatic heterocycles. The fourth-order valence-corrected chi connectivity index (χ4v) is 2.69. The van der Waals surface area contributed by atoms with E-state index in [9.17, 15) is 13.2 Å². The second-order valence-corrected chi connectivity index (χ2v) is 5.01. The molecule has 2 nitrogen and oxygen atoms in total. The lowest BCUT2D eigenvalue weighted by Gasteiger charge is -2.35. The molecule has 0 aliphatic carbocycles.